The number of carbonyl (C=O) groups is 1. The number of ether oxygens (including phenoxy) is 1. The van der Waals surface area contributed by atoms with E-state index >= 15 is 0 Å². The highest BCUT2D eigenvalue weighted by atomic mass is 19.1. The molecule has 0 spiro atoms. The van der Waals surface area contributed by atoms with Gasteiger partial charge in [0.15, 0.2) is 17.3 Å². The van der Waals surface area contributed by atoms with E-state index in [0.717, 1.165) is 0 Å². The van der Waals surface area contributed by atoms with Gasteiger partial charge >= 0.3 is 0 Å². The first-order chi connectivity index (χ1) is 7.95. The van der Waals surface area contributed by atoms with E-state index in [1.165, 1.54) is 19.2 Å². The van der Waals surface area contributed by atoms with E-state index in [0.29, 0.717) is 12.0 Å². The number of nitrogens with two attached hydrogens (primary N) is 1. The van der Waals surface area contributed by atoms with Gasteiger partial charge in [0, 0.05) is 5.92 Å². The summed E-state index contributed by atoms with van der Waals surface area (Å²) in [6.07, 6.45) is 0.345. The zero-order valence-electron chi connectivity index (χ0n) is 10.4. The second-order valence-electron chi connectivity index (χ2n) is 4.34. The van der Waals surface area contributed by atoms with Gasteiger partial charge in [-0.3, -0.25) is 4.79 Å². The number of hydrogen-bond donors (Lipinski definition) is 1. The van der Waals surface area contributed by atoms with Crippen molar-refractivity contribution in [1.82, 2.24) is 0 Å². The predicted molar refractivity (Wildman–Crippen MR) is 64.5 cm³/mol. The Morgan fingerprint density at radius 3 is 2.59 bits per heavy atom. The Morgan fingerprint density at radius 2 is 2.12 bits per heavy atom. The number of methoxy groups -OCH3 is 1. The number of hydrogen-bond acceptors (Lipinski definition) is 3. The predicted octanol–water partition coefficient (Wildman–Crippen LogP) is 1.93. The number of Topliss-reactive ketones (excluding diaryl/α,β-unsaturated/α-hetero) is 1. The number of benzene rings is 1. The molecule has 0 aliphatic heterocycles. The topological polar surface area (TPSA) is 52.3 Å². The second-order valence-corrected chi connectivity index (χ2v) is 4.34. The Balaban J connectivity index is 2.75. The summed E-state index contributed by atoms with van der Waals surface area (Å²) in [4.78, 5) is 11.6. The fraction of sp³-hybridized carbons (Fsp3) is 0.462. The van der Waals surface area contributed by atoms with E-state index in [-0.39, 0.29) is 17.5 Å². The van der Waals surface area contributed by atoms with Gasteiger partial charge in [0.05, 0.1) is 13.2 Å². The van der Waals surface area contributed by atoms with Crippen molar-refractivity contribution >= 4 is 5.78 Å². The highest BCUT2D eigenvalue weighted by Crippen LogP contribution is 2.18. The molecule has 0 aromatic heterocycles. The second kappa shape index (κ2) is 5.77. The van der Waals surface area contributed by atoms with Crippen molar-refractivity contribution in [1.29, 1.82) is 0 Å². The molecule has 0 fully saturated rings. The average Bonchev–Trinajstić information content (AvgIpc) is 2.28. The fourth-order valence-electron chi connectivity index (χ4n) is 1.62. The van der Waals surface area contributed by atoms with Crippen LogP contribution in [-0.2, 0) is 11.2 Å². The number of halogens is 1. The maximum Gasteiger partial charge on any atom is 0.165 e. The zero-order valence-corrected chi connectivity index (χ0v) is 10.4. The molecule has 0 heterocycles. The summed E-state index contributed by atoms with van der Waals surface area (Å²) in [7, 11) is 1.41. The lowest BCUT2D eigenvalue weighted by atomic mass is 9.96. The molecule has 1 aromatic rings. The third kappa shape index (κ3) is 3.53. The molecule has 0 radical (unpaired) electrons. The Labute approximate surface area is 101 Å². The molecule has 0 saturated heterocycles. The summed E-state index contributed by atoms with van der Waals surface area (Å²) in [5.74, 6) is -0.360. The Kier molecular flexibility index (Phi) is 4.63. The van der Waals surface area contributed by atoms with Gasteiger partial charge in [-0.15, -0.1) is 0 Å². The van der Waals surface area contributed by atoms with Crippen molar-refractivity contribution < 1.29 is 13.9 Å². The van der Waals surface area contributed by atoms with Gasteiger partial charge in [0.2, 0.25) is 0 Å². The van der Waals surface area contributed by atoms with E-state index in [1.807, 2.05) is 0 Å². The van der Waals surface area contributed by atoms with Gasteiger partial charge in [0.1, 0.15) is 0 Å². The lowest BCUT2D eigenvalue weighted by molar-refractivity contribution is -0.123. The van der Waals surface area contributed by atoms with E-state index < -0.39 is 11.9 Å². The molecule has 1 rings (SSSR count). The molecular formula is C13H18FNO2. The molecule has 4 heteroatoms. The van der Waals surface area contributed by atoms with Crippen molar-refractivity contribution in [3.05, 3.63) is 29.6 Å². The van der Waals surface area contributed by atoms with Crippen LogP contribution in [0.5, 0.6) is 5.75 Å². The van der Waals surface area contributed by atoms with Crippen molar-refractivity contribution in [3.63, 3.8) is 0 Å². The molecule has 0 bridgehead atoms. The summed E-state index contributed by atoms with van der Waals surface area (Å²) in [6, 6.07) is 4.03. The van der Waals surface area contributed by atoms with Crippen LogP contribution >= 0.6 is 0 Å². The normalized spacial score (nSPS) is 12.6. The van der Waals surface area contributed by atoms with Crippen molar-refractivity contribution in [2.75, 3.05) is 7.11 Å². The molecule has 17 heavy (non-hydrogen) atoms. The lowest BCUT2D eigenvalue weighted by Gasteiger charge is -2.13. The molecule has 94 valence electrons. The van der Waals surface area contributed by atoms with Crippen molar-refractivity contribution in [3.8, 4) is 5.75 Å². The van der Waals surface area contributed by atoms with Gasteiger partial charge in [-0.1, -0.05) is 19.9 Å². The molecule has 1 unspecified atom stereocenters. The highest BCUT2D eigenvalue weighted by Gasteiger charge is 2.17. The van der Waals surface area contributed by atoms with Crippen LogP contribution < -0.4 is 10.5 Å². The minimum atomic E-state index is -0.581. The SMILES string of the molecule is COc1ccc(CC(N)C(=O)C(C)C)cc1F. The first kappa shape index (κ1) is 13.6. The van der Waals surface area contributed by atoms with Crippen LogP contribution in [0.3, 0.4) is 0 Å². The first-order valence-corrected chi connectivity index (χ1v) is 5.57. The van der Waals surface area contributed by atoms with E-state index in [2.05, 4.69) is 0 Å². The Hall–Kier alpha value is -1.42. The molecule has 1 atom stereocenters. The molecule has 1 aromatic carbocycles. The van der Waals surface area contributed by atoms with Gasteiger partial charge < -0.3 is 10.5 Å². The smallest absolute Gasteiger partial charge is 0.165 e. The van der Waals surface area contributed by atoms with E-state index in [9.17, 15) is 9.18 Å². The van der Waals surface area contributed by atoms with Crippen LogP contribution in [0.4, 0.5) is 4.39 Å². The Bertz CT molecular complexity index is 404. The van der Waals surface area contributed by atoms with Crippen molar-refractivity contribution in [2.45, 2.75) is 26.3 Å². The van der Waals surface area contributed by atoms with Crippen LogP contribution in [0.15, 0.2) is 18.2 Å². The van der Waals surface area contributed by atoms with E-state index in [1.54, 1.807) is 19.9 Å². The van der Waals surface area contributed by atoms with Crippen molar-refractivity contribution in [2.24, 2.45) is 11.7 Å². The number of carbonyl (C=O) groups excluding carboxylic acids is 1. The molecular weight excluding hydrogens is 221 g/mol. The maximum atomic E-state index is 13.4. The first-order valence-electron chi connectivity index (χ1n) is 5.57. The number of rotatable bonds is 5. The largest absolute Gasteiger partial charge is 0.494 e. The van der Waals surface area contributed by atoms with Gasteiger partial charge in [-0.25, -0.2) is 4.39 Å². The zero-order chi connectivity index (χ0) is 13.0. The number of ketones is 1. The quantitative estimate of drug-likeness (QED) is 0.854. The summed E-state index contributed by atoms with van der Waals surface area (Å²) >= 11 is 0. The van der Waals surface area contributed by atoms with Crippen LogP contribution in [0.25, 0.3) is 0 Å². The van der Waals surface area contributed by atoms with E-state index in [4.69, 9.17) is 10.5 Å². The fourth-order valence-corrected chi connectivity index (χ4v) is 1.62. The van der Waals surface area contributed by atoms with Gasteiger partial charge in [0.25, 0.3) is 0 Å². The summed E-state index contributed by atoms with van der Waals surface area (Å²) in [5.41, 5.74) is 6.47. The van der Waals surface area contributed by atoms with Crippen LogP contribution in [-0.4, -0.2) is 18.9 Å². The van der Waals surface area contributed by atoms with Crippen LogP contribution in [0.2, 0.25) is 0 Å². The van der Waals surface area contributed by atoms with Crippen LogP contribution in [0.1, 0.15) is 19.4 Å². The average molecular weight is 239 g/mol. The van der Waals surface area contributed by atoms with Gasteiger partial charge in [-0.2, -0.15) is 0 Å². The monoisotopic (exact) mass is 239 g/mol. The minimum absolute atomic E-state index is 0.0128. The third-order valence-electron chi connectivity index (χ3n) is 2.61. The highest BCUT2D eigenvalue weighted by molar-refractivity contribution is 5.85. The maximum absolute atomic E-state index is 13.4. The molecule has 3 nitrogen and oxygen atoms in total. The molecule has 0 aliphatic rings. The minimum Gasteiger partial charge on any atom is -0.494 e. The molecule has 0 amide bonds. The van der Waals surface area contributed by atoms with Crippen LogP contribution in [0, 0.1) is 11.7 Å². The van der Waals surface area contributed by atoms with Gasteiger partial charge in [-0.05, 0) is 24.1 Å². The lowest BCUT2D eigenvalue weighted by Crippen LogP contribution is -2.35. The Morgan fingerprint density at radius 1 is 1.47 bits per heavy atom. The third-order valence-corrected chi connectivity index (χ3v) is 2.61. The summed E-state index contributed by atoms with van der Waals surface area (Å²) in [6.45, 7) is 3.60. The molecule has 0 saturated carbocycles. The summed E-state index contributed by atoms with van der Waals surface area (Å²) < 4.78 is 18.2. The standard InChI is InChI=1S/C13H18FNO2/c1-8(2)13(16)11(15)7-9-4-5-12(17-3)10(14)6-9/h4-6,8,11H,7,15H2,1-3H3. The molecule has 2 N–H and O–H groups in total. The summed E-state index contributed by atoms with van der Waals surface area (Å²) in [5, 5.41) is 0. The molecule has 0 aliphatic carbocycles.